The molecule has 21 heavy (non-hydrogen) atoms. The van der Waals surface area contributed by atoms with Gasteiger partial charge in [0.2, 0.25) is 5.91 Å². The zero-order chi connectivity index (χ0) is 16.2. The fourth-order valence-electron chi connectivity index (χ4n) is 1.85. The summed E-state index contributed by atoms with van der Waals surface area (Å²) in [5.74, 6) is -1.24. The molecule has 1 rings (SSSR count). The van der Waals surface area contributed by atoms with Crippen LogP contribution in [-0.4, -0.2) is 29.3 Å². The third kappa shape index (κ3) is 4.70. The van der Waals surface area contributed by atoms with Gasteiger partial charge in [-0.1, -0.05) is 32.9 Å². The topological polar surface area (TPSA) is 74.7 Å². The van der Waals surface area contributed by atoms with Crippen LogP contribution in [0.2, 0.25) is 0 Å². The van der Waals surface area contributed by atoms with Crippen LogP contribution in [0.3, 0.4) is 0 Å². The van der Waals surface area contributed by atoms with Gasteiger partial charge < -0.3 is 10.0 Å². The number of benzene rings is 1. The van der Waals surface area contributed by atoms with Crippen molar-refractivity contribution in [3.63, 3.8) is 0 Å². The van der Waals surface area contributed by atoms with Crippen LogP contribution < -0.4 is 4.90 Å². The number of nitrogens with zero attached hydrogens (tertiary/aromatic N) is 1. The molecule has 0 aliphatic rings. The van der Waals surface area contributed by atoms with Crippen molar-refractivity contribution >= 4 is 23.3 Å². The first-order valence-electron chi connectivity index (χ1n) is 6.77. The van der Waals surface area contributed by atoms with E-state index >= 15 is 0 Å². The molecular formula is C16H21NO4. The Labute approximate surface area is 124 Å². The maximum atomic E-state index is 12.5. The molecule has 1 amide bonds. The fraction of sp³-hybridized carbons (Fsp3) is 0.438. The molecule has 1 N–H and O–H groups in total. The van der Waals surface area contributed by atoms with E-state index in [0.29, 0.717) is 11.3 Å². The Hall–Kier alpha value is -2.17. The molecule has 0 radical (unpaired) electrons. The summed E-state index contributed by atoms with van der Waals surface area (Å²) in [6.07, 6.45) is -0.147. The molecular weight excluding hydrogens is 270 g/mol. The SMILES string of the molecule is CC(=O)c1cccc(N(CCC(=O)O)C(=O)C(C)(C)C)c1. The summed E-state index contributed by atoms with van der Waals surface area (Å²) in [6.45, 7) is 6.85. The average molecular weight is 291 g/mol. The van der Waals surface area contributed by atoms with E-state index in [4.69, 9.17) is 5.11 Å². The zero-order valence-electron chi connectivity index (χ0n) is 12.8. The van der Waals surface area contributed by atoms with E-state index in [2.05, 4.69) is 0 Å². The summed E-state index contributed by atoms with van der Waals surface area (Å²) in [5, 5.41) is 8.84. The van der Waals surface area contributed by atoms with Crippen molar-refractivity contribution in [3.8, 4) is 0 Å². The zero-order valence-corrected chi connectivity index (χ0v) is 12.8. The van der Waals surface area contributed by atoms with E-state index in [0.717, 1.165) is 0 Å². The van der Waals surface area contributed by atoms with E-state index in [1.807, 2.05) is 0 Å². The minimum absolute atomic E-state index is 0.0762. The predicted octanol–water partition coefficient (Wildman–Crippen LogP) is 2.74. The van der Waals surface area contributed by atoms with E-state index in [1.54, 1.807) is 45.0 Å². The number of carbonyl (C=O) groups excluding carboxylic acids is 2. The largest absolute Gasteiger partial charge is 0.481 e. The van der Waals surface area contributed by atoms with Crippen LogP contribution in [0.25, 0.3) is 0 Å². The predicted molar refractivity (Wildman–Crippen MR) is 80.5 cm³/mol. The number of Topliss-reactive ketones (excluding diaryl/α,β-unsaturated/α-hetero) is 1. The second kappa shape index (κ2) is 6.52. The van der Waals surface area contributed by atoms with Gasteiger partial charge in [0.1, 0.15) is 0 Å². The van der Waals surface area contributed by atoms with Gasteiger partial charge in [0, 0.05) is 23.2 Å². The summed E-state index contributed by atoms with van der Waals surface area (Å²) in [7, 11) is 0. The van der Waals surface area contributed by atoms with Crippen LogP contribution in [-0.2, 0) is 9.59 Å². The minimum Gasteiger partial charge on any atom is -0.481 e. The van der Waals surface area contributed by atoms with Crippen LogP contribution in [0.5, 0.6) is 0 Å². The molecule has 0 aliphatic heterocycles. The van der Waals surface area contributed by atoms with Crippen molar-refractivity contribution in [1.82, 2.24) is 0 Å². The van der Waals surface area contributed by atoms with Crippen molar-refractivity contribution in [2.45, 2.75) is 34.1 Å². The van der Waals surface area contributed by atoms with Gasteiger partial charge in [-0.05, 0) is 19.1 Å². The number of carboxylic acids is 1. The first-order chi connectivity index (χ1) is 9.62. The molecule has 0 heterocycles. The van der Waals surface area contributed by atoms with Gasteiger partial charge in [-0.3, -0.25) is 14.4 Å². The molecule has 0 aromatic heterocycles. The number of ketones is 1. The number of hydrogen-bond acceptors (Lipinski definition) is 3. The monoisotopic (exact) mass is 291 g/mol. The summed E-state index contributed by atoms with van der Waals surface area (Å²) < 4.78 is 0. The molecule has 1 aromatic rings. The number of amides is 1. The van der Waals surface area contributed by atoms with Crippen molar-refractivity contribution in [1.29, 1.82) is 0 Å². The minimum atomic E-state index is -0.968. The van der Waals surface area contributed by atoms with E-state index in [-0.39, 0.29) is 24.7 Å². The van der Waals surface area contributed by atoms with Gasteiger partial charge in [-0.2, -0.15) is 0 Å². The quantitative estimate of drug-likeness (QED) is 0.846. The Bertz CT molecular complexity index is 558. The highest BCUT2D eigenvalue weighted by Gasteiger charge is 2.28. The lowest BCUT2D eigenvalue weighted by atomic mass is 9.94. The number of rotatable bonds is 5. The molecule has 0 aliphatic carbocycles. The lowest BCUT2D eigenvalue weighted by Crippen LogP contribution is -2.40. The van der Waals surface area contributed by atoms with Gasteiger partial charge in [0.25, 0.3) is 0 Å². The molecule has 0 saturated heterocycles. The van der Waals surface area contributed by atoms with Gasteiger partial charge in [-0.25, -0.2) is 0 Å². The highest BCUT2D eigenvalue weighted by molar-refractivity contribution is 6.00. The Morgan fingerprint density at radius 3 is 2.29 bits per heavy atom. The highest BCUT2D eigenvalue weighted by Crippen LogP contribution is 2.24. The molecule has 114 valence electrons. The Morgan fingerprint density at radius 1 is 1.19 bits per heavy atom. The van der Waals surface area contributed by atoms with E-state index in [9.17, 15) is 14.4 Å². The molecule has 0 atom stereocenters. The Kier molecular flexibility index (Phi) is 5.24. The van der Waals surface area contributed by atoms with Crippen molar-refractivity contribution in [3.05, 3.63) is 29.8 Å². The first kappa shape index (κ1) is 16.9. The Morgan fingerprint density at radius 2 is 1.81 bits per heavy atom. The fourth-order valence-corrected chi connectivity index (χ4v) is 1.85. The Balaban J connectivity index is 3.17. The van der Waals surface area contributed by atoms with E-state index in [1.165, 1.54) is 11.8 Å². The second-order valence-corrected chi connectivity index (χ2v) is 5.96. The number of aliphatic carboxylic acids is 1. The summed E-state index contributed by atoms with van der Waals surface area (Å²) in [6, 6.07) is 6.68. The van der Waals surface area contributed by atoms with Gasteiger partial charge in [0.05, 0.1) is 6.42 Å². The number of carbonyl (C=O) groups is 3. The summed E-state index contributed by atoms with van der Waals surface area (Å²) >= 11 is 0. The molecule has 0 fully saturated rings. The normalized spacial score (nSPS) is 11.0. The molecule has 0 spiro atoms. The molecule has 5 heteroatoms. The first-order valence-corrected chi connectivity index (χ1v) is 6.77. The van der Waals surface area contributed by atoms with Gasteiger partial charge in [0.15, 0.2) is 5.78 Å². The second-order valence-electron chi connectivity index (χ2n) is 5.96. The van der Waals surface area contributed by atoms with Gasteiger partial charge in [-0.15, -0.1) is 0 Å². The van der Waals surface area contributed by atoms with Crippen molar-refractivity contribution in [2.75, 3.05) is 11.4 Å². The molecule has 0 bridgehead atoms. The highest BCUT2D eigenvalue weighted by atomic mass is 16.4. The molecule has 5 nitrogen and oxygen atoms in total. The lowest BCUT2D eigenvalue weighted by molar-refractivity contribution is -0.136. The standard InChI is InChI=1S/C16H21NO4/c1-11(18)12-6-5-7-13(10-12)17(9-8-14(19)20)15(21)16(2,3)4/h5-7,10H,8-9H2,1-4H3,(H,19,20). The average Bonchev–Trinajstić information content (AvgIpc) is 2.37. The van der Waals surface area contributed by atoms with Crippen LogP contribution in [0.1, 0.15) is 44.5 Å². The van der Waals surface area contributed by atoms with Crippen molar-refractivity contribution < 1.29 is 19.5 Å². The van der Waals surface area contributed by atoms with Crippen LogP contribution in [0.4, 0.5) is 5.69 Å². The maximum Gasteiger partial charge on any atom is 0.305 e. The lowest BCUT2D eigenvalue weighted by Gasteiger charge is -2.29. The number of hydrogen-bond donors (Lipinski definition) is 1. The van der Waals surface area contributed by atoms with Crippen LogP contribution in [0, 0.1) is 5.41 Å². The van der Waals surface area contributed by atoms with Crippen molar-refractivity contribution in [2.24, 2.45) is 5.41 Å². The van der Waals surface area contributed by atoms with Gasteiger partial charge >= 0.3 is 5.97 Å². The maximum absolute atomic E-state index is 12.5. The smallest absolute Gasteiger partial charge is 0.305 e. The van der Waals surface area contributed by atoms with Crippen LogP contribution in [0.15, 0.2) is 24.3 Å². The third-order valence-corrected chi connectivity index (χ3v) is 3.00. The summed E-state index contributed by atoms with van der Waals surface area (Å²) in [5.41, 5.74) is 0.406. The number of carboxylic acid groups (broad SMARTS) is 1. The molecule has 0 unspecified atom stereocenters. The molecule has 0 saturated carbocycles. The number of anilines is 1. The van der Waals surface area contributed by atoms with Crippen LogP contribution >= 0.6 is 0 Å². The third-order valence-electron chi connectivity index (χ3n) is 3.00. The summed E-state index contributed by atoms with van der Waals surface area (Å²) in [4.78, 5) is 36.2. The molecule has 1 aromatic carbocycles. The van der Waals surface area contributed by atoms with E-state index < -0.39 is 11.4 Å².